The predicted octanol–water partition coefficient (Wildman–Crippen LogP) is 0.966. The number of rotatable bonds is 4. The standard InChI is InChI=1S/C11H11BrFNO5S/c12-8-3-6(13)1-2-10(8)20(17,18)14-9-5-19-4-7(9)11(15)16/h1-3,7,9,14H,4-5H2,(H,15,16). The highest BCUT2D eigenvalue weighted by molar-refractivity contribution is 9.10. The molecule has 9 heteroatoms. The lowest BCUT2D eigenvalue weighted by molar-refractivity contribution is -0.142. The second-order valence-electron chi connectivity index (χ2n) is 4.28. The Bertz CT molecular complexity index is 636. The van der Waals surface area contributed by atoms with Gasteiger partial charge < -0.3 is 9.84 Å². The molecule has 20 heavy (non-hydrogen) atoms. The number of nitrogens with one attached hydrogen (secondary N) is 1. The fourth-order valence-corrected chi connectivity index (χ4v) is 4.18. The molecular weight excluding hydrogens is 357 g/mol. The molecule has 1 aliphatic heterocycles. The molecule has 0 aliphatic carbocycles. The van der Waals surface area contributed by atoms with Crippen molar-refractivity contribution in [3.05, 3.63) is 28.5 Å². The molecule has 0 saturated carbocycles. The van der Waals surface area contributed by atoms with Crippen LogP contribution in [0.15, 0.2) is 27.6 Å². The van der Waals surface area contributed by atoms with E-state index in [0.29, 0.717) is 0 Å². The van der Waals surface area contributed by atoms with Gasteiger partial charge >= 0.3 is 5.97 Å². The minimum atomic E-state index is -3.96. The van der Waals surface area contributed by atoms with E-state index in [4.69, 9.17) is 9.84 Å². The van der Waals surface area contributed by atoms with Crippen molar-refractivity contribution in [1.82, 2.24) is 4.72 Å². The zero-order valence-electron chi connectivity index (χ0n) is 10.0. The Morgan fingerprint density at radius 3 is 2.75 bits per heavy atom. The molecule has 1 aromatic rings. The van der Waals surface area contributed by atoms with Crippen molar-refractivity contribution in [2.75, 3.05) is 13.2 Å². The first-order chi connectivity index (χ1) is 9.31. The highest BCUT2D eigenvalue weighted by atomic mass is 79.9. The number of aliphatic carboxylic acids is 1. The Labute approximate surface area is 123 Å². The summed E-state index contributed by atoms with van der Waals surface area (Å²) in [5, 5.41) is 8.97. The average Bonchev–Trinajstić information content (AvgIpc) is 2.75. The second kappa shape index (κ2) is 5.76. The summed E-state index contributed by atoms with van der Waals surface area (Å²) in [5.41, 5.74) is 0. The number of carboxylic acids is 1. The van der Waals surface area contributed by atoms with E-state index < -0.39 is 33.8 Å². The van der Waals surface area contributed by atoms with Gasteiger partial charge in [0.2, 0.25) is 10.0 Å². The topological polar surface area (TPSA) is 92.7 Å². The van der Waals surface area contributed by atoms with E-state index in [1.165, 1.54) is 0 Å². The Morgan fingerprint density at radius 2 is 2.15 bits per heavy atom. The van der Waals surface area contributed by atoms with E-state index in [1.54, 1.807) is 0 Å². The fraction of sp³-hybridized carbons (Fsp3) is 0.364. The van der Waals surface area contributed by atoms with Crippen LogP contribution in [0.5, 0.6) is 0 Å². The van der Waals surface area contributed by atoms with Crippen LogP contribution < -0.4 is 4.72 Å². The minimum Gasteiger partial charge on any atom is -0.481 e. The summed E-state index contributed by atoms with van der Waals surface area (Å²) in [4.78, 5) is 10.8. The predicted molar refractivity (Wildman–Crippen MR) is 70.2 cm³/mol. The van der Waals surface area contributed by atoms with E-state index in [2.05, 4.69) is 20.7 Å². The zero-order valence-corrected chi connectivity index (χ0v) is 12.4. The van der Waals surface area contributed by atoms with E-state index >= 15 is 0 Å². The molecule has 1 saturated heterocycles. The molecule has 110 valence electrons. The summed E-state index contributed by atoms with van der Waals surface area (Å²) < 4.78 is 44.6. The Hall–Kier alpha value is -1.03. The van der Waals surface area contributed by atoms with Crippen molar-refractivity contribution in [2.45, 2.75) is 10.9 Å². The van der Waals surface area contributed by atoms with Crippen molar-refractivity contribution in [3.63, 3.8) is 0 Å². The lowest BCUT2D eigenvalue weighted by atomic mass is 10.1. The van der Waals surface area contributed by atoms with Crippen LogP contribution in [-0.2, 0) is 19.6 Å². The summed E-state index contributed by atoms with van der Waals surface area (Å²) in [6.07, 6.45) is 0. The number of sulfonamides is 1. The first-order valence-corrected chi connectivity index (χ1v) is 7.87. The van der Waals surface area contributed by atoms with Gasteiger partial charge in [-0.05, 0) is 34.1 Å². The number of ether oxygens (including phenoxy) is 1. The van der Waals surface area contributed by atoms with Gasteiger partial charge in [0.15, 0.2) is 0 Å². The number of hydrogen-bond donors (Lipinski definition) is 2. The second-order valence-corrected chi connectivity index (χ2v) is 6.82. The highest BCUT2D eigenvalue weighted by Crippen LogP contribution is 2.24. The van der Waals surface area contributed by atoms with E-state index in [1.807, 2.05) is 0 Å². The molecule has 0 bridgehead atoms. The Morgan fingerprint density at radius 1 is 1.45 bits per heavy atom. The van der Waals surface area contributed by atoms with Crippen LogP contribution in [0.25, 0.3) is 0 Å². The summed E-state index contributed by atoms with van der Waals surface area (Å²) in [6, 6.07) is 2.29. The summed E-state index contributed by atoms with van der Waals surface area (Å²) in [6.45, 7) is -0.0673. The summed E-state index contributed by atoms with van der Waals surface area (Å²) in [5.74, 6) is -2.65. The fourth-order valence-electron chi connectivity index (χ4n) is 1.87. The number of carbonyl (C=O) groups is 1. The van der Waals surface area contributed by atoms with Crippen molar-refractivity contribution in [2.24, 2.45) is 5.92 Å². The Balaban J connectivity index is 2.25. The molecule has 1 fully saturated rings. The lowest BCUT2D eigenvalue weighted by Gasteiger charge is -2.16. The molecule has 2 N–H and O–H groups in total. The molecular formula is C11H11BrFNO5S. The monoisotopic (exact) mass is 367 g/mol. The van der Waals surface area contributed by atoms with Crippen molar-refractivity contribution in [1.29, 1.82) is 0 Å². The molecule has 0 amide bonds. The minimum absolute atomic E-state index is 0.0188. The summed E-state index contributed by atoms with van der Waals surface area (Å²) >= 11 is 2.97. The van der Waals surface area contributed by atoms with Gasteiger partial charge in [-0.2, -0.15) is 0 Å². The van der Waals surface area contributed by atoms with Crippen LogP contribution in [0.1, 0.15) is 0 Å². The number of hydrogen-bond acceptors (Lipinski definition) is 4. The number of halogens is 2. The number of carboxylic acid groups (broad SMARTS) is 1. The molecule has 1 heterocycles. The normalized spacial score (nSPS) is 22.9. The van der Waals surface area contributed by atoms with Crippen molar-refractivity contribution in [3.8, 4) is 0 Å². The van der Waals surface area contributed by atoms with Crippen molar-refractivity contribution >= 4 is 31.9 Å². The van der Waals surface area contributed by atoms with Crippen LogP contribution in [0.3, 0.4) is 0 Å². The van der Waals surface area contributed by atoms with E-state index in [9.17, 15) is 17.6 Å². The SMILES string of the molecule is O=C(O)C1COCC1NS(=O)(=O)c1ccc(F)cc1Br. The third-order valence-corrected chi connectivity index (χ3v) is 5.35. The summed E-state index contributed by atoms with van der Waals surface area (Å²) in [7, 11) is -3.96. The van der Waals surface area contributed by atoms with Gasteiger partial charge in [0.05, 0.1) is 30.1 Å². The number of benzene rings is 1. The van der Waals surface area contributed by atoms with Crippen molar-refractivity contribution < 1.29 is 27.4 Å². The molecule has 2 atom stereocenters. The van der Waals surface area contributed by atoms with Gasteiger partial charge in [0.25, 0.3) is 0 Å². The van der Waals surface area contributed by atoms with Gasteiger partial charge in [0, 0.05) is 4.47 Å². The van der Waals surface area contributed by atoms with Crippen LogP contribution in [0.4, 0.5) is 4.39 Å². The maximum atomic E-state index is 13.0. The molecule has 0 spiro atoms. The molecule has 0 aromatic heterocycles. The highest BCUT2D eigenvalue weighted by Gasteiger charge is 2.37. The molecule has 2 rings (SSSR count). The molecule has 2 unspecified atom stereocenters. The molecule has 1 aliphatic rings. The van der Waals surface area contributed by atoms with Crippen LogP contribution >= 0.6 is 15.9 Å². The lowest BCUT2D eigenvalue weighted by Crippen LogP contribution is -2.42. The average molecular weight is 368 g/mol. The maximum absolute atomic E-state index is 13.0. The first-order valence-electron chi connectivity index (χ1n) is 5.59. The van der Waals surface area contributed by atoms with E-state index in [0.717, 1.165) is 18.2 Å². The van der Waals surface area contributed by atoms with Gasteiger partial charge in [-0.25, -0.2) is 17.5 Å². The van der Waals surface area contributed by atoms with Gasteiger partial charge in [-0.1, -0.05) is 0 Å². The molecule has 1 aromatic carbocycles. The first kappa shape index (κ1) is 15.4. The van der Waals surface area contributed by atoms with Crippen LogP contribution in [0.2, 0.25) is 0 Å². The van der Waals surface area contributed by atoms with Gasteiger partial charge in [-0.15, -0.1) is 0 Å². The van der Waals surface area contributed by atoms with Crippen LogP contribution in [0, 0.1) is 11.7 Å². The quantitative estimate of drug-likeness (QED) is 0.826. The smallest absolute Gasteiger partial charge is 0.310 e. The third-order valence-electron chi connectivity index (χ3n) is 2.89. The zero-order chi connectivity index (χ0) is 14.9. The van der Waals surface area contributed by atoms with Crippen LogP contribution in [-0.4, -0.2) is 38.7 Å². The van der Waals surface area contributed by atoms with Gasteiger partial charge in [-0.3, -0.25) is 4.79 Å². The molecule has 6 nitrogen and oxygen atoms in total. The largest absolute Gasteiger partial charge is 0.481 e. The van der Waals surface area contributed by atoms with Gasteiger partial charge in [0.1, 0.15) is 5.82 Å². The third kappa shape index (κ3) is 3.17. The molecule has 0 radical (unpaired) electrons. The maximum Gasteiger partial charge on any atom is 0.310 e. The Kier molecular flexibility index (Phi) is 4.43. The van der Waals surface area contributed by atoms with E-state index in [-0.39, 0.29) is 22.6 Å².